The molecule has 3 rings (SSSR count). The van der Waals surface area contributed by atoms with Crippen molar-refractivity contribution in [2.45, 2.75) is 90.1 Å². The lowest BCUT2D eigenvalue weighted by atomic mass is 9.95. The summed E-state index contributed by atoms with van der Waals surface area (Å²) in [5, 5.41) is 35.8. The molecule has 1 heterocycles. The molecule has 4 amide bonds. The molecule has 0 bridgehead atoms. The number of hydrogen-bond acceptors (Lipinski definition) is 11. The zero-order valence-electron chi connectivity index (χ0n) is 31.9. The summed E-state index contributed by atoms with van der Waals surface area (Å²) in [5.74, 6) is -1.61. The van der Waals surface area contributed by atoms with Crippen molar-refractivity contribution in [3.8, 4) is 0 Å². The molecule has 3 unspecified atom stereocenters. The van der Waals surface area contributed by atoms with Crippen molar-refractivity contribution in [1.29, 1.82) is 0 Å². The van der Waals surface area contributed by atoms with Gasteiger partial charge in [0.05, 0.1) is 62.2 Å². The number of benzene rings is 2. The number of aliphatic hydroxyl groups excluding tert-OH is 2. The lowest BCUT2D eigenvalue weighted by molar-refractivity contribution is -0.131. The standard InChI is InChI=1S/C39H57N5O9S/c1-6-26(4)34(22-45)41-36(47)21-35(46)31(18-25(2)3)42-38(49)33(20-29-23-54-24-40-29)43-37(48)32(44-39(50)53-17-16-52-15-14-51-5)19-28-12-9-11-27-10-7-8-13-30(27)28/h7-13,23-26,31-35,45-46H,6,14-22H2,1-5H3,(H,41,47)(H,42,49)(H,43,48)(H,44,50)/t26?,31?,32-,33-,34+,35?/m0/s1. The lowest BCUT2D eigenvalue weighted by Gasteiger charge is -2.29. The largest absolute Gasteiger partial charge is 0.447 e. The maximum atomic E-state index is 14.1. The van der Waals surface area contributed by atoms with Gasteiger partial charge in [-0.2, -0.15) is 0 Å². The number of aromatic nitrogens is 1. The molecule has 6 N–H and O–H groups in total. The van der Waals surface area contributed by atoms with Gasteiger partial charge in [-0.25, -0.2) is 9.78 Å². The van der Waals surface area contributed by atoms with Gasteiger partial charge in [-0.15, -0.1) is 11.3 Å². The lowest BCUT2D eigenvalue weighted by Crippen LogP contribution is -2.57. The maximum Gasteiger partial charge on any atom is 0.407 e. The Balaban J connectivity index is 1.82. The van der Waals surface area contributed by atoms with Crippen LogP contribution < -0.4 is 21.3 Å². The van der Waals surface area contributed by atoms with Gasteiger partial charge in [0.15, 0.2) is 0 Å². The molecule has 0 aliphatic carbocycles. The van der Waals surface area contributed by atoms with Crippen molar-refractivity contribution >= 4 is 45.9 Å². The molecule has 2 aromatic carbocycles. The average Bonchev–Trinajstić information content (AvgIpc) is 3.67. The van der Waals surface area contributed by atoms with E-state index < -0.39 is 54.1 Å². The van der Waals surface area contributed by atoms with Gasteiger partial charge in [-0.3, -0.25) is 14.4 Å². The molecular weight excluding hydrogens is 715 g/mol. The van der Waals surface area contributed by atoms with E-state index in [1.807, 2.05) is 70.2 Å². The molecule has 0 fully saturated rings. The van der Waals surface area contributed by atoms with Crippen LogP contribution in [-0.4, -0.2) is 109 Å². The van der Waals surface area contributed by atoms with Crippen LogP contribution in [0.3, 0.4) is 0 Å². The van der Waals surface area contributed by atoms with Crippen molar-refractivity contribution < 1.29 is 43.6 Å². The molecule has 6 atom stereocenters. The zero-order chi connectivity index (χ0) is 39.5. The van der Waals surface area contributed by atoms with E-state index in [1.54, 1.807) is 18.0 Å². The summed E-state index contributed by atoms with van der Waals surface area (Å²) in [6.07, 6.45) is -1.17. The van der Waals surface area contributed by atoms with Crippen LogP contribution in [0.2, 0.25) is 0 Å². The van der Waals surface area contributed by atoms with E-state index in [0.717, 1.165) is 22.8 Å². The molecule has 0 radical (unpaired) electrons. The van der Waals surface area contributed by atoms with Crippen LogP contribution in [0.5, 0.6) is 0 Å². The van der Waals surface area contributed by atoms with Crippen molar-refractivity contribution in [1.82, 2.24) is 26.3 Å². The van der Waals surface area contributed by atoms with E-state index in [-0.39, 0.29) is 50.9 Å². The van der Waals surface area contributed by atoms with E-state index in [1.165, 1.54) is 11.3 Å². The molecule has 0 aliphatic rings. The van der Waals surface area contributed by atoms with Gasteiger partial charge in [0.1, 0.15) is 18.7 Å². The number of nitrogens with one attached hydrogen (secondary N) is 4. The van der Waals surface area contributed by atoms with E-state index >= 15 is 0 Å². The van der Waals surface area contributed by atoms with Gasteiger partial charge in [-0.05, 0) is 34.6 Å². The number of alkyl carbamates (subject to hydrolysis) is 1. The van der Waals surface area contributed by atoms with E-state index in [2.05, 4.69) is 26.3 Å². The number of hydrogen-bond donors (Lipinski definition) is 6. The van der Waals surface area contributed by atoms with Crippen LogP contribution in [0.4, 0.5) is 4.79 Å². The Hall–Kier alpha value is -4.15. The number of thiazole rings is 1. The van der Waals surface area contributed by atoms with Crippen LogP contribution in [0.25, 0.3) is 10.8 Å². The molecule has 15 heteroatoms. The second-order valence-electron chi connectivity index (χ2n) is 13.8. The smallest absolute Gasteiger partial charge is 0.407 e. The van der Waals surface area contributed by atoms with Gasteiger partial charge in [-0.1, -0.05) is 76.6 Å². The number of carbonyl (C=O) groups excluding carboxylic acids is 4. The first-order chi connectivity index (χ1) is 25.9. The van der Waals surface area contributed by atoms with E-state index in [0.29, 0.717) is 25.3 Å². The second kappa shape index (κ2) is 23.6. The van der Waals surface area contributed by atoms with Crippen molar-refractivity contribution in [2.24, 2.45) is 11.8 Å². The molecule has 0 saturated heterocycles. The number of methoxy groups -OCH3 is 1. The Morgan fingerprint density at radius 3 is 2.24 bits per heavy atom. The summed E-state index contributed by atoms with van der Waals surface area (Å²) in [6, 6.07) is 9.80. The first-order valence-corrected chi connectivity index (χ1v) is 19.4. The van der Waals surface area contributed by atoms with Gasteiger partial charge >= 0.3 is 6.09 Å². The molecule has 14 nitrogen and oxygen atoms in total. The summed E-state index contributed by atoms with van der Waals surface area (Å²) in [4.78, 5) is 58.4. The Bertz CT molecular complexity index is 1590. The highest BCUT2D eigenvalue weighted by molar-refractivity contribution is 7.07. The second-order valence-corrected chi connectivity index (χ2v) is 14.5. The Morgan fingerprint density at radius 2 is 1.56 bits per heavy atom. The Kier molecular flexibility index (Phi) is 19.3. The molecule has 0 aliphatic heterocycles. The van der Waals surface area contributed by atoms with Crippen molar-refractivity contribution in [2.75, 3.05) is 40.1 Å². The highest BCUT2D eigenvalue weighted by Gasteiger charge is 2.32. The van der Waals surface area contributed by atoms with E-state index in [4.69, 9.17) is 14.2 Å². The van der Waals surface area contributed by atoms with Gasteiger partial charge in [0, 0.05) is 25.3 Å². The zero-order valence-corrected chi connectivity index (χ0v) is 32.7. The third kappa shape index (κ3) is 14.9. The normalized spacial score (nSPS) is 14.7. The van der Waals surface area contributed by atoms with Crippen LogP contribution in [0.1, 0.15) is 58.2 Å². The molecule has 54 heavy (non-hydrogen) atoms. The van der Waals surface area contributed by atoms with Gasteiger partial charge < -0.3 is 45.7 Å². The summed E-state index contributed by atoms with van der Waals surface area (Å²) in [7, 11) is 1.55. The fourth-order valence-electron chi connectivity index (χ4n) is 5.90. The predicted molar refractivity (Wildman–Crippen MR) is 207 cm³/mol. The van der Waals surface area contributed by atoms with Gasteiger partial charge in [0.25, 0.3) is 0 Å². The number of nitrogens with zero attached hydrogens (tertiary/aromatic N) is 1. The van der Waals surface area contributed by atoms with Crippen molar-refractivity contribution in [3.63, 3.8) is 0 Å². The number of rotatable bonds is 24. The maximum absolute atomic E-state index is 14.1. The third-order valence-electron chi connectivity index (χ3n) is 9.12. The molecule has 0 saturated carbocycles. The van der Waals surface area contributed by atoms with Crippen LogP contribution in [0.15, 0.2) is 53.4 Å². The summed E-state index contributed by atoms with van der Waals surface area (Å²) < 4.78 is 15.6. The summed E-state index contributed by atoms with van der Waals surface area (Å²) >= 11 is 1.34. The average molecular weight is 772 g/mol. The molecule has 0 spiro atoms. The third-order valence-corrected chi connectivity index (χ3v) is 9.76. The molecule has 1 aromatic heterocycles. The minimum Gasteiger partial charge on any atom is -0.447 e. The first-order valence-electron chi connectivity index (χ1n) is 18.5. The summed E-state index contributed by atoms with van der Waals surface area (Å²) in [5.41, 5.74) is 2.98. The minimum atomic E-state index is -1.25. The SMILES string of the molecule is CCC(C)[C@@H](CO)NC(=O)CC(O)C(CC(C)C)NC(=O)[C@H](Cc1cscn1)NC(=O)[C@H](Cc1cccc2ccccc12)NC(=O)OCCOCCOC. The number of ether oxygens (including phenoxy) is 3. The molecule has 3 aromatic rings. The highest BCUT2D eigenvalue weighted by atomic mass is 32.1. The number of fused-ring (bicyclic) bond motifs is 1. The number of amides is 4. The monoisotopic (exact) mass is 771 g/mol. The highest BCUT2D eigenvalue weighted by Crippen LogP contribution is 2.20. The fraction of sp³-hybridized carbons (Fsp3) is 0.564. The number of carbonyl (C=O) groups is 4. The van der Waals surface area contributed by atoms with Crippen LogP contribution in [0, 0.1) is 11.8 Å². The minimum absolute atomic E-state index is 0.0261. The van der Waals surface area contributed by atoms with Crippen LogP contribution in [-0.2, 0) is 41.4 Å². The number of aliphatic hydroxyl groups is 2. The first kappa shape index (κ1) is 44.2. The van der Waals surface area contributed by atoms with Gasteiger partial charge in [0.2, 0.25) is 17.7 Å². The predicted octanol–water partition coefficient (Wildman–Crippen LogP) is 3.13. The molecule has 298 valence electrons. The topological polar surface area (TPSA) is 197 Å². The van der Waals surface area contributed by atoms with Crippen molar-refractivity contribution in [3.05, 3.63) is 64.6 Å². The summed E-state index contributed by atoms with van der Waals surface area (Å²) in [6.45, 7) is 8.31. The van der Waals surface area contributed by atoms with Crippen LogP contribution >= 0.6 is 11.3 Å². The Labute approximate surface area is 321 Å². The molecular formula is C39H57N5O9S. The quantitative estimate of drug-likeness (QED) is 0.0737. The fourth-order valence-corrected chi connectivity index (χ4v) is 6.48. The Morgan fingerprint density at radius 1 is 0.852 bits per heavy atom. The van der Waals surface area contributed by atoms with E-state index in [9.17, 15) is 29.4 Å².